The Morgan fingerprint density at radius 2 is 2.25 bits per heavy atom. The van der Waals surface area contributed by atoms with E-state index in [1.807, 2.05) is 12.4 Å². The van der Waals surface area contributed by atoms with Gasteiger partial charge in [0.15, 0.2) is 5.65 Å². The Hall–Kier alpha value is -1.36. The van der Waals surface area contributed by atoms with Crippen LogP contribution < -0.4 is 0 Å². The van der Waals surface area contributed by atoms with Crippen molar-refractivity contribution < 1.29 is 0 Å². The van der Waals surface area contributed by atoms with Crippen molar-refractivity contribution in [1.29, 1.82) is 0 Å². The van der Waals surface area contributed by atoms with Crippen LogP contribution in [-0.2, 0) is 0 Å². The number of rotatable bonds is 1. The molecule has 1 saturated carbocycles. The molecule has 0 atom stereocenters. The van der Waals surface area contributed by atoms with Gasteiger partial charge in [0.2, 0.25) is 0 Å². The molecule has 1 aliphatic carbocycles. The summed E-state index contributed by atoms with van der Waals surface area (Å²) in [6.07, 6.45) is 6.28. The van der Waals surface area contributed by atoms with Crippen LogP contribution >= 0.6 is 15.9 Å². The second kappa shape index (κ2) is 2.85. The predicted octanol–water partition coefficient (Wildman–Crippen LogP) is 2.85. The maximum Gasteiger partial charge on any atom is 0.154 e. The zero-order valence-corrected chi connectivity index (χ0v) is 10.0. The van der Waals surface area contributed by atoms with Gasteiger partial charge in [-0.15, -0.1) is 0 Å². The Balaban J connectivity index is 2.23. The SMILES string of the molecule is Brc1nc(C2CC2)n2c1cnc1[nH]ccc12. The fourth-order valence-corrected chi connectivity index (χ4v) is 2.63. The Labute approximate surface area is 99.8 Å². The second-order valence-electron chi connectivity index (χ2n) is 4.23. The standard InChI is InChI=1S/C11H9BrN4/c12-9-8-5-14-10-7(3-4-13-10)16(8)11(15-9)6-1-2-6/h3-6,13H,1-2H2. The van der Waals surface area contributed by atoms with Gasteiger partial charge in [0.05, 0.1) is 17.2 Å². The quantitative estimate of drug-likeness (QED) is 0.743. The third kappa shape index (κ3) is 1.04. The highest BCUT2D eigenvalue weighted by atomic mass is 79.9. The number of halogens is 1. The lowest BCUT2D eigenvalue weighted by Gasteiger charge is -2.00. The number of fused-ring (bicyclic) bond motifs is 3. The molecule has 16 heavy (non-hydrogen) atoms. The highest BCUT2D eigenvalue weighted by Gasteiger charge is 2.29. The molecule has 0 unspecified atom stereocenters. The monoisotopic (exact) mass is 276 g/mol. The van der Waals surface area contributed by atoms with Crippen molar-refractivity contribution in [3.63, 3.8) is 0 Å². The zero-order valence-electron chi connectivity index (χ0n) is 8.44. The highest BCUT2D eigenvalue weighted by Crippen LogP contribution is 2.41. The number of aromatic amines is 1. The number of aromatic nitrogens is 4. The largest absolute Gasteiger partial charge is 0.345 e. The van der Waals surface area contributed by atoms with Crippen LogP contribution in [0, 0.1) is 0 Å². The number of nitrogens with zero attached hydrogens (tertiary/aromatic N) is 3. The molecule has 0 aliphatic heterocycles. The smallest absolute Gasteiger partial charge is 0.154 e. The van der Waals surface area contributed by atoms with E-state index in [1.54, 1.807) is 0 Å². The van der Waals surface area contributed by atoms with Crippen molar-refractivity contribution in [2.24, 2.45) is 0 Å². The summed E-state index contributed by atoms with van der Waals surface area (Å²) in [5, 5.41) is 0. The van der Waals surface area contributed by atoms with Gasteiger partial charge >= 0.3 is 0 Å². The van der Waals surface area contributed by atoms with Crippen molar-refractivity contribution in [2.75, 3.05) is 0 Å². The molecule has 3 heterocycles. The van der Waals surface area contributed by atoms with Gasteiger partial charge < -0.3 is 4.98 Å². The summed E-state index contributed by atoms with van der Waals surface area (Å²) >= 11 is 3.51. The zero-order chi connectivity index (χ0) is 10.7. The molecular weight excluding hydrogens is 268 g/mol. The third-order valence-electron chi connectivity index (χ3n) is 3.10. The van der Waals surface area contributed by atoms with Gasteiger partial charge in [-0.1, -0.05) is 0 Å². The fraction of sp³-hybridized carbons (Fsp3) is 0.273. The van der Waals surface area contributed by atoms with Crippen LogP contribution in [0.2, 0.25) is 0 Å². The molecule has 80 valence electrons. The number of H-pyrrole nitrogens is 1. The summed E-state index contributed by atoms with van der Waals surface area (Å²) in [5.74, 6) is 1.79. The first-order valence-electron chi connectivity index (χ1n) is 5.34. The van der Waals surface area contributed by atoms with E-state index in [0.29, 0.717) is 5.92 Å². The van der Waals surface area contributed by atoms with Crippen LogP contribution in [0.25, 0.3) is 16.7 Å². The first kappa shape index (κ1) is 8.75. The summed E-state index contributed by atoms with van der Waals surface area (Å²) in [6, 6.07) is 2.05. The lowest BCUT2D eigenvalue weighted by atomic mass is 10.4. The van der Waals surface area contributed by atoms with E-state index in [0.717, 1.165) is 27.1 Å². The van der Waals surface area contributed by atoms with Crippen LogP contribution in [0.1, 0.15) is 24.6 Å². The first-order valence-corrected chi connectivity index (χ1v) is 6.14. The van der Waals surface area contributed by atoms with Gasteiger partial charge in [-0.3, -0.25) is 4.40 Å². The molecule has 4 nitrogen and oxygen atoms in total. The number of hydrogen-bond donors (Lipinski definition) is 1. The minimum atomic E-state index is 0.624. The van der Waals surface area contributed by atoms with E-state index in [2.05, 4.69) is 41.3 Å². The maximum atomic E-state index is 4.61. The Morgan fingerprint density at radius 1 is 1.38 bits per heavy atom. The van der Waals surface area contributed by atoms with Gasteiger partial charge in [-0.25, -0.2) is 9.97 Å². The highest BCUT2D eigenvalue weighted by molar-refractivity contribution is 9.10. The summed E-state index contributed by atoms with van der Waals surface area (Å²) in [6.45, 7) is 0. The average Bonchev–Trinajstić information content (AvgIpc) is 2.91. The lowest BCUT2D eigenvalue weighted by Crippen LogP contribution is -1.94. The Morgan fingerprint density at radius 3 is 3.06 bits per heavy atom. The minimum absolute atomic E-state index is 0.624. The molecule has 1 fully saturated rings. The van der Waals surface area contributed by atoms with Crippen LogP contribution in [0.4, 0.5) is 0 Å². The molecule has 1 aliphatic rings. The summed E-state index contributed by atoms with van der Waals surface area (Å²) in [4.78, 5) is 12.1. The van der Waals surface area contributed by atoms with Crippen molar-refractivity contribution in [2.45, 2.75) is 18.8 Å². The van der Waals surface area contributed by atoms with Crippen molar-refractivity contribution in [3.8, 4) is 0 Å². The summed E-state index contributed by atoms with van der Waals surface area (Å²) in [5.41, 5.74) is 3.07. The van der Waals surface area contributed by atoms with Crippen molar-refractivity contribution in [1.82, 2.24) is 19.4 Å². The summed E-state index contributed by atoms with van der Waals surface area (Å²) < 4.78 is 3.10. The van der Waals surface area contributed by atoms with Crippen LogP contribution in [0.5, 0.6) is 0 Å². The molecule has 0 aromatic carbocycles. The molecule has 0 bridgehead atoms. The molecule has 0 amide bonds. The molecule has 4 rings (SSSR count). The van der Waals surface area contributed by atoms with Crippen LogP contribution in [0.15, 0.2) is 23.1 Å². The van der Waals surface area contributed by atoms with E-state index in [4.69, 9.17) is 0 Å². The molecule has 1 N–H and O–H groups in total. The molecule has 3 aromatic rings. The van der Waals surface area contributed by atoms with E-state index in [-0.39, 0.29) is 0 Å². The van der Waals surface area contributed by atoms with Crippen LogP contribution in [0.3, 0.4) is 0 Å². The van der Waals surface area contributed by atoms with Gasteiger partial charge in [0.1, 0.15) is 10.4 Å². The van der Waals surface area contributed by atoms with E-state index in [9.17, 15) is 0 Å². The number of hydrogen-bond acceptors (Lipinski definition) is 2. The third-order valence-corrected chi connectivity index (χ3v) is 3.68. The Bertz CT molecular complexity index is 692. The van der Waals surface area contributed by atoms with E-state index < -0.39 is 0 Å². The number of imidazole rings is 1. The molecular formula is C11H9BrN4. The van der Waals surface area contributed by atoms with Gasteiger partial charge in [-0.2, -0.15) is 0 Å². The van der Waals surface area contributed by atoms with Gasteiger partial charge in [0, 0.05) is 12.1 Å². The van der Waals surface area contributed by atoms with E-state index in [1.165, 1.54) is 12.8 Å². The fourth-order valence-electron chi connectivity index (χ4n) is 2.17. The van der Waals surface area contributed by atoms with Crippen LogP contribution in [-0.4, -0.2) is 19.4 Å². The molecule has 0 saturated heterocycles. The predicted molar refractivity (Wildman–Crippen MR) is 64.5 cm³/mol. The molecule has 3 aromatic heterocycles. The molecule has 5 heteroatoms. The van der Waals surface area contributed by atoms with E-state index >= 15 is 0 Å². The van der Waals surface area contributed by atoms with Gasteiger partial charge in [-0.05, 0) is 34.8 Å². The lowest BCUT2D eigenvalue weighted by molar-refractivity contribution is 0.935. The second-order valence-corrected chi connectivity index (χ2v) is 4.98. The maximum absolute atomic E-state index is 4.61. The Kier molecular flexibility index (Phi) is 1.56. The van der Waals surface area contributed by atoms with Crippen molar-refractivity contribution >= 4 is 32.6 Å². The minimum Gasteiger partial charge on any atom is -0.345 e. The molecule has 0 spiro atoms. The number of nitrogens with one attached hydrogen (secondary N) is 1. The first-order chi connectivity index (χ1) is 7.84. The topological polar surface area (TPSA) is 46.0 Å². The van der Waals surface area contributed by atoms with Gasteiger partial charge in [0.25, 0.3) is 0 Å². The average molecular weight is 277 g/mol. The normalized spacial score (nSPS) is 16.3. The summed E-state index contributed by atoms with van der Waals surface area (Å²) in [7, 11) is 0. The van der Waals surface area contributed by atoms with Crippen molar-refractivity contribution in [3.05, 3.63) is 28.9 Å². The molecule has 0 radical (unpaired) electrons.